The number of H-pyrrole nitrogens is 1. The van der Waals surface area contributed by atoms with Gasteiger partial charge in [0.2, 0.25) is 11.8 Å². The van der Waals surface area contributed by atoms with Crippen molar-refractivity contribution in [2.24, 2.45) is 5.73 Å². The summed E-state index contributed by atoms with van der Waals surface area (Å²) in [5.41, 5.74) is 8.78. The molecule has 3 atom stereocenters. The summed E-state index contributed by atoms with van der Waals surface area (Å²) in [6.07, 6.45) is 7.33. The van der Waals surface area contributed by atoms with Crippen LogP contribution in [0.4, 0.5) is 0 Å². The second kappa shape index (κ2) is 10.2. The Morgan fingerprint density at radius 3 is 2.62 bits per heavy atom. The summed E-state index contributed by atoms with van der Waals surface area (Å²) in [4.78, 5) is 39.3. The van der Waals surface area contributed by atoms with Gasteiger partial charge < -0.3 is 20.9 Å². The van der Waals surface area contributed by atoms with Crippen molar-refractivity contribution in [1.82, 2.24) is 25.2 Å². The molecule has 4 N–H and O–H groups in total. The molecule has 0 spiro atoms. The SMILES string of the molecule is NC(Cc1c[nH]cn1)C(=O)N1CCCC1C(=O)N[C@@H](Cc1ccccn1)c1ccccc1. The van der Waals surface area contributed by atoms with Gasteiger partial charge in [0.1, 0.15) is 6.04 Å². The van der Waals surface area contributed by atoms with Crippen LogP contribution in [-0.4, -0.2) is 50.3 Å². The number of hydrogen-bond donors (Lipinski definition) is 3. The summed E-state index contributed by atoms with van der Waals surface area (Å²) in [6, 6.07) is 14.1. The van der Waals surface area contributed by atoms with Crippen molar-refractivity contribution < 1.29 is 9.59 Å². The molecular formula is C24H28N6O2. The number of carbonyl (C=O) groups excluding carboxylic acids is 2. The van der Waals surface area contributed by atoms with Gasteiger partial charge in [-0.2, -0.15) is 0 Å². The third kappa shape index (κ3) is 5.20. The maximum atomic E-state index is 13.3. The van der Waals surface area contributed by atoms with E-state index in [4.69, 9.17) is 5.73 Å². The molecule has 8 heteroatoms. The lowest BCUT2D eigenvalue weighted by atomic mass is 10.0. The Kier molecular flexibility index (Phi) is 6.91. The van der Waals surface area contributed by atoms with E-state index in [1.807, 2.05) is 48.5 Å². The highest BCUT2D eigenvalue weighted by Crippen LogP contribution is 2.22. The van der Waals surface area contributed by atoms with E-state index in [0.717, 1.165) is 23.4 Å². The summed E-state index contributed by atoms with van der Waals surface area (Å²) in [7, 11) is 0. The van der Waals surface area contributed by atoms with Gasteiger partial charge in [-0.3, -0.25) is 14.6 Å². The van der Waals surface area contributed by atoms with Crippen molar-refractivity contribution in [2.75, 3.05) is 6.54 Å². The first-order chi connectivity index (χ1) is 15.6. The van der Waals surface area contributed by atoms with Crippen molar-refractivity contribution >= 4 is 11.8 Å². The molecule has 3 aromatic rings. The number of nitrogens with two attached hydrogens (primary N) is 1. The first-order valence-electron chi connectivity index (χ1n) is 10.9. The van der Waals surface area contributed by atoms with Crippen molar-refractivity contribution in [3.8, 4) is 0 Å². The summed E-state index contributed by atoms with van der Waals surface area (Å²) in [5.74, 6) is -0.376. The normalized spacial score (nSPS) is 17.7. The largest absolute Gasteiger partial charge is 0.351 e. The highest BCUT2D eigenvalue weighted by atomic mass is 16.2. The number of hydrogen-bond acceptors (Lipinski definition) is 5. The van der Waals surface area contributed by atoms with Crippen molar-refractivity contribution in [3.05, 3.63) is 84.2 Å². The van der Waals surface area contributed by atoms with E-state index in [2.05, 4.69) is 20.3 Å². The average molecular weight is 433 g/mol. The van der Waals surface area contributed by atoms with E-state index < -0.39 is 12.1 Å². The van der Waals surface area contributed by atoms with Crippen molar-refractivity contribution in [2.45, 2.75) is 43.8 Å². The number of aromatic amines is 1. The molecule has 166 valence electrons. The van der Waals surface area contributed by atoms with Crippen LogP contribution in [0.5, 0.6) is 0 Å². The first kappa shape index (κ1) is 21.7. The number of benzene rings is 1. The van der Waals surface area contributed by atoms with Gasteiger partial charge in [-0.15, -0.1) is 0 Å². The average Bonchev–Trinajstić information content (AvgIpc) is 3.51. The Balaban J connectivity index is 1.46. The first-order valence-corrected chi connectivity index (χ1v) is 10.9. The lowest BCUT2D eigenvalue weighted by molar-refractivity contribution is -0.139. The van der Waals surface area contributed by atoms with Crippen molar-refractivity contribution in [1.29, 1.82) is 0 Å². The predicted octanol–water partition coefficient (Wildman–Crippen LogP) is 1.77. The Morgan fingerprint density at radius 1 is 1.09 bits per heavy atom. The zero-order chi connectivity index (χ0) is 22.3. The Labute approximate surface area is 187 Å². The minimum atomic E-state index is -0.731. The maximum Gasteiger partial charge on any atom is 0.243 e. The van der Waals surface area contributed by atoms with Gasteiger partial charge in [-0.05, 0) is 30.5 Å². The zero-order valence-corrected chi connectivity index (χ0v) is 17.9. The standard InChI is InChI=1S/C24H28N6O2/c25-20(13-19-15-26-16-28-19)24(32)30-12-6-10-22(30)23(31)29-21(17-7-2-1-3-8-17)14-18-9-4-5-11-27-18/h1-5,7-9,11,15-16,20-22H,6,10,12-14,25H2,(H,26,28)(H,29,31)/t20?,21-,22?/m0/s1. The van der Waals surface area contributed by atoms with Crippen LogP contribution in [0.3, 0.4) is 0 Å². The number of aromatic nitrogens is 3. The van der Waals surface area contributed by atoms with Crippen LogP contribution in [0.25, 0.3) is 0 Å². The van der Waals surface area contributed by atoms with Gasteiger partial charge >= 0.3 is 0 Å². The number of nitrogens with one attached hydrogen (secondary N) is 2. The summed E-state index contributed by atoms with van der Waals surface area (Å²) in [5, 5.41) is 3.16. The maximum absolute atomic E-state index is 13.3. The fourth-order valence-electron chi connectivity index (χ4n) is 4.16. The minimum Gasteiger partial charge on any atom is -0.351 e. The van der Waals surface area contributed by atoms with E-state index in [1.54, 1.807) is 23.6 Å². The number of rotatable bonds is 8. The van der Waals surface area contributed by atoms with Crippen molar-refractivity contribution in [3.63, 3.8) is 0 Å². The second-order valence-electron chi connectivity index (χ2n) is 8.06. The van der Waals surface area contributed by atoms with E-state index in [9.17, 15) is 9.59 Å². The molecule has 2 amide bonds. The summed E-state index contributed by atoms with van der Waals surface area (Å²) in [6.45, 7) is 0.529. The van der Waals surface area contributed by atoms with Gasteiger partial charge in [-0.1, -0.05) is 36.4 Å². The van der Waals surface area contributed by atoms with Gasteiger partial charge in [0.25, 0.3) is 0 Å². The number of carbonyl (C=O) groups is 2. The zero-order valence-electron chi connectivity index (χ0n) is 17.9. The molecule has 2 unspecified atom stereocenters. The molecule has 2 aromatic heterocycles. The molecule has 8 nitrogen and oxygen atoms in total. The fourth-order valence-corrected chi connectivity index (χ4v) is 4.16. The van der Waals surface area contributed by atoms with Crippen LogP contribution in [0, 0.1) is 0 Å². The Hall–Kier alpha value is -3.52. The van der Waals surface area contributed by atoms with E-state index >= 15 is 0 Å². The number of likely N-dealkylation sites (tertiary alicyclic amines) is 1. The van der Waals surface area contributed by atoms with Crippen LogP contribution in [-0.2, 0) is 22.4 Å². The highest BCUT2D eigenvalue weighted by Gasteiger charge is 2.37. The monoisotopic (exact) mass is 432 g/mol. The molecule has 4 rings (SSSR count). The third-order valence-corrected chi connectivity index (χ3v) is 5.80. The van der Waals surface area contributed by atoms with Crippen LogP contribution in [0.2, 0.25) is 0 Å². The number of imidazole rings is 1. The minimum absolute atomic E-state index is 0.160. The number of amides is 2. The predicted molar refractivity (Wildman–Crippen MR) is 120 cm³/mol. The molecule has 0 radical (unpaired) electrons. The van der Waals surface area contributed by atoms with Gasteiger partial charge in [0.15, 0.2) is 0 Å². The van der Waals surface area contributed by atoms with Gasteiger partial charge in [0.05, 0.1) is 24.1 Å². The van der Waals surface area contributed by atoms with Crippen LogP contribution in [0.1, 0.15) is 35.8 Å². The molecule has 1 fully saturated rings. The van der Waals surface area contributed by atoms with E-state index in [-0.39, 0.29) is 17.9 Å². The molecule has 0 aliphatic carbocycles. The van der Waals surface area contributed by atoms with Crippen LogP contribution >= 0.6 is 0 Å². The number of nitrogens with zero attached hydrogens (tertiary/aromatic N) is 3. The fraction of sp³-hybridized carbons (Fsp3) is 0.333. The lowest BCUT2D eigenvalue weighted by Crippen LogP contribution is -2.52. The van der Waals surface area contributed by atoms with Crippen LogP contribution < -0.4 is 11.1 Å². The molecule has 1 aromatic carbocycles. The molecule has 0 saturated carbocycles. The molecular weight excluding hydrogens is 404 g/mol. The highest BCUT2D eigenvalue weighted by molar-refractivity contribution is 5.90. The Morgan fingerprint density at radius 2 is 1.91 bits per heavy atom. The van der Waals surface area contributed by atoms with Crippen LogP contribution in [0.15, 0.2) is 67.3 Å². The van der Waals surface area contributed by atoms with E-state index in [0.29, 0.717) is 25.8 Å². The number of pyridine rings is 1. The van der Waals surface area contributed by atoms with Gasteiger partial charge in [0, 0.05) is 37.5 Å². The molecule has 32 heavy (non-hydrogen) atoms. The molecule has 0 bridgehead atoms. The molecule has 3 heterocycles. The quantitative estimate of drug-likeness (QED) is 0.502. The van der Waals surface area contributed by atoms with Gasteiger partial charge in [-0.25, -0.2) is 4.98 Å². The Bertz CT molecular complexity index is 1010. The lowest BCUT2D eigenvalue weighted by Gasteiger charge is -2.28. The molecule has 1 saturated heterocycles. The molecule has 1 aliphatic rings. The van der Waals surface area contributed by atoms with E-state index in [1.165, 1.54) is 0 Å². The summed E-state index contributed by atoms with van der Waals surface area (Å²) < 4.78 is 0. The topological polar surface area (TPSA) is 117 Å². The summed E-state index contributed by atoms with van der Waals surface area (Å²) >= 11 is 0. The molecule has 1 aliphatic heterocycles. The third-order valence-electron chi connectivity index (χ3n) is 5.80. The second-order valence-corrected chi connectivity index (χ2v) is 8.06. The smallest absolute Gasteiger partial charge is 0.243 e.